The molecule has 0 aliphatic rings. The number of nitrogens with zero attached hydrogens (tertiary/aromatic N) is 3. The van der Waals surface area contributed by atoms with Gasteiger partial charge in [-0.05, 0) is 13.8 Å². The Morgan fingerprint density at radius 2 is 2.16 bits per heavy atom. The predicted molar refractivity (Wildman–Crippen MR) is 65.6 cm³/mol. The Kier molecular flexibility index (Phi) is 5.28. The van der Waals surface area contributed by atoms with Gasteiger partial charge in [0.2, 0.25) is 5.89 Å². The summed E-state index contributed by atoms with van der Waals surface area (Å²) < 4.78 is 4.80. The average molecular weight is 270 g/mol. The van der Waals surface area contributed by atoms with Crippen LogP contribution in [0.2, 0.25) is 0 Å². The van der Waals surface area contributed by atoms with E-state index in [1.807, 2.05) is 0 Å². The highest BCUT2D eigenvalue weighted by molar-refractivity contribution is 5.80. The van der Waals surface area contributed by atoms with Crippen molar-refractivity contribution in [3.63, 3.8) is 0 Å². The number of hydrogen-bond donors (Lipinski definition) is 2. The maximum absolute atomic E-state index is 11.8. The maximum atomic E-state index is 11.8. The van der Waals surface area contributed by atoms with Crippen molar-refractivity contribution < 1.29 is 19.2 Å². The van der Waals surface area contributed by atoms with Crippen LogP contribution in [0.4, 0.5) is 4.79 Å². The Labute approximate surface area is 110 Å². The van der Waals surface area contributed by atoms with Gasteiger partial charge in [-0.25, -0.2) is 4.79 Å². The fraction of sp³-hybridized carbons (Fsp3) is 0.636. The number of carboxylic acid groups (broad SMARTS) is 1. The van der Waals surface area contributed by atoms with Crippen LogP contribution in [-0.2, 0) is 11.2 Å². The van der Waals surface area contributed by atoms with Gasteiger partial charge >= 0.3 is 12.0 Å². The highest BCUT2D eigenvalue weighted by Crippen LogP contribution is 1.99. The van der Waals surface area contributed by atoms with Crippen LogP contribution < -0.4 is 5.32 Å². The predicted octanol–water partition coefficient (Wildman–Crippen LogP) is 0.425. The molecule has 8 nitrogen and oxygen atoms in total. The monoisotopic (exact) mass is 270 g/mol. The lowest BCUT2D eigenvalue weighted by molar-refractivity contribution is -0.138. The SMILES string of the molecule is Cc1nc(CCNC(=O)N(CC(=O)O)C(C)C)no1. The fourth-order valence-electron chi connectivity index (χ4n) is 1.46. The second-order valence-electron chi connectivity index (χ2n) is 4.33. The number of urea groups is 1. The molecule has 1 rings (SSSR count). The third-order valence-corrected chi connectivity index (χ3v) is 2.38. The number of aromatic nitrogens is 2. The van der Waals surface area contributed by atoms with Crippen molar-refractivity contribution in [1.82, 2.24) is 20.4 Å². The van der Waals surface area contributed by atoms with Crippen molar-refractivity contribution in [1.29, 1.82) is 0 Å². The van der Waals surface area contributed by atoms with Gasteiger partial charge in [0.05, 0.1) is 0 Å². The summed E-state index contributed by atoms with van der Waals surface area (Å²) in [5, 5.41) is 15.1. The fourth-order valence-corrected chi connectivity index (χ4v) is 1.46. The molecule has 106 valence electrons. The van der Waals surface area contributed by atoms with E-state index in [9.17, 15) is 9.59 Å². The van der Waals surface area contributed by atoms with Crippen LogP contribution in [0.15, 0.2) is 4.52 Å². The minimum absolute atomic E-state index is 0.191. The van der Waals surface area contributed by atoms with Crippen LogP contribution in [-0.4, -0.2) is 51.3 Å². The van der Waals surface area contributed by atoms with Gasteiger partial charge in [0.15, 0.2) is 5.82 Å². The number of aliphatic carboxylic acids is 1. The van der Waals surface area contributed by atoms with Crippen molar-refractivity contribution in [2.45, 2.75) is 33.2 Å². The van der Waals surface area contributed by atoms with Gasteiger partial charge < -0.3 is 19.8 Å². The molecule has 2 N–H and O–H groups in total. The molecule has 0 fully saturated rings. The molecule has 0 aliphatic carbocycles. The second kappa shape index (κ2) is 6.72. The number of carbonyl (C=O) groups excluding carboxylic acids is 1. The van der Waals surface area contributed by atoms with E-state index < -0.39 is 12.0 Å². The summed E-state index contributed by atoms with van der Waals surface area (Å²) in [6, 6.07) is -0.610. The van der Waals surface area contributed by atoms with Gasteiger partial charge in [0, 0.05) is 25.9 Å². The number of aryl methyl sites for hydroxylation is 1. The van der Waals surface area contributed by atoms with Crippen molar-refractivity contribution in [2.24, 2.45) is 0 Å². The van der Waals surface area contributed by atoms with Crippen LogP contribution in [0.3, 0.4) is 0 Å². The first-order valence-electron chi connectivity index (χ1n) is 5.95. The quantitative estimate of drug-likeness (QED) is 0.775. The smallest absolute Gasteiger partial charge is 0.323 e. The van der Waals surface area contributed by atoms with E-state index in [-0.39, 0.29) is 12.6 Å². The van der Waals surface area contributed by atoms with E-state index in [1.54, 1.807) is 20.8 Å². The standard InChI is InChI=1S/C11H18N4O4/c1-7(2)15(6-10(16)17)11(18)12-5-4-9-13-8(3)19-14-9/h7H,4-6H2,1-3H3,(H,12,18)(H,16,17). The minimum atomic E-state index is -1.04. The van der Waals surface area contributed by atoms with Gasteiger partial charge in [0.25, 0.3) is 0 Å². The van der Waals surface area contributed by atoms with Gasteiger partial charge in [-0.3, -0.25) is 4.79 Å². The molecule has 0 aliphatic heterocycles. The van der Waals surface area contributed by atoms with Crippen LogP contribution in [0.5, 0.6) is 0 Å². The molecule has 0 aromatic carbocycles. The van der Waals surface area contributed by atoms with E-state index in [1.165, 1.54) is 4.90 Å². The molecule has 0 unspecified atom stereocenters. The number of carboxylic acids is 1. The number of amides is 2. The number of nitrogens with one attached hydrogen (secondary N) is 1. The zero-order valence-corrected chi connectivity index (χ0v) is 11.2. The van der Waals surface area contributed by atoms with Crippen LogP contribution in [0, 0.1) is 6.92 Å². The summed E-state index contributed by atoms with van der Waals surface area (Å²) in [6.07, 6.45) is 0.433. The Balaban J connectivity index is 2.42. The average Bonchev–Trinajstić information content (AvgIpc) is 2.71. The molecule has 1 aromatic rings. The summed E-state index contributed by atoms with van der Waals surface area (Å²) in [4.78, 5) is 27.7. The third-order valence-electron chi connectivity index (χ3n) is 2.38. The Morgan fingerprint density at radius 1 is 1.47 bits per heavy atom. The van der Waals surface area contributed by atoms with Crippen LogP contribution in [0.1, 0.15) is 25.6 Å². The molecular weight excluding hydrogens is 252 g/mol. The zero-order valence-electron chi connectivity index (χ0n) is 11.2. The van der Waals surface area contributed by atoms with Crippen molar-refractivity contribution in [3.8, 4) is 0 Å². The largest absolute Gasteiger partial charge is 0.480 e. The number of carbonyl (C=O) groups is 2. The molecule has 0 atom stereocenters. The molecule has 0 saturated heterocycles. The van der Waals surface area contributed by atoms with E-state index >= 15 is 0 Å². The van der Waals surface area contributed by atoms with Crippen molar-refractivity contribution in [2.75, 3.05) is 13.1 Å². The lowest BCUT2D eigenvalue weighted by Gasteiger charge is -2.24. The number of rotatable bonds is 6. The third kappa shape index (κ3) is 4.94. The molecular formula is C11H18N4O4. The van der Waals surface area contributed by atoms with E-state index in [0.29, 0.717) is 24.7 Å². The van der Waals surface area contributed by atoms with E-state index in [4.69, 9.17) is 9.63 Å². The number of hydrogen-bond acceptors (Lipinski definition) is 5. The van der Waals surface area contributed by atoms with Gasteiger partial charge in [0.1, 0.15) is 6.54 Å². The second-order valence-corrected chi connectivity index (χ2v) is 4.33. The summed E-state index contributed by atoms with van der Waals surface area (Å²) in [6.45, 7) is 5.18. The molecule has 0 saturated carbocycles. The van der Waals surface area contributed by atoms with E-state index in [2.05, 4.69) is 15.5 Å². The molecule has 2 amide bonds. The van der Waals surface area contributed by atoms with Crippen molar-refractivity contribution in [3.05, 3.63) is 11.7 Å². The minimum Gasteiger partial charge on any atom is -0.480 e. The lowest BCUT2D eigenvalue weighted by atomic mass is 10.3. The van der Waals surface area contributed by atoms with E-state index in [0.717, 1.165) is 0 Å². The summed E-state index contributed by atoms with van der Waals surface area (Å²) >= 11 is 0. The molecule has 0 bridgehead atoms. The van der Waals surface area contributed by atoms with Gasteiger partial charge in [-0.2, -0.15) is 4.98 Å². The van der Waals surface area contributed by atoms with Crippen LogP contribution in [0.25, 0.3) is 0 Å². The zero-order chi connectivity index (χ0) is 14.4. The Hall–Kier alpha value is -2.12. The highest BCUT2D eigenvalue weighted by atomic mass is 16.5. The summed E-state index contributed by atoms with van der Waals surface area (Å²) in [7, 11) is 0. The first kappa shape index (κ1) is 14.9. The molecule has 0 spiro atoms. The summed E-state index contributed by atoms with van der Waals surface area (Å²) in [5.74, 6) is -0.0687. The van der Waals surface area contributed by atoms with Crippen LogP contribution >= 0.6 is 0 Å². The Morgan fingerprint density at radius 3 is 2.63 bits per heavy atom. The first-order valence-corrected chi connectivity index (χ1v) is 5.95. The molecule has 8 heteroatoms. The molecule has 1 heterocycles. The molecule has 19 heavy (non-hydrogen) atoms. The highest BCUT2D eigenvalue weighted by Gasteiger charge is 2.19. The molecule has 1 aromatic heterocycles. The first-order chi connectivity index (χ1) is 8.90. The normalized spacial score (nSPS) is 10.5. The molecule has 0 radical (unpaired) electrons. The van der Waals surface area contributed by atoms with Gasteiger partial charge in [-0.15, -0.1) is 0 Å². The lowest BCUT2D eigenvalue weighted by Crippen LogP contribution is -2.46. The summed E-state index contributed by atoms with van der Waals surface area (Å²) in [5.41, 5.74) is 0. The van der Waals surface area contributed by atoms with Gasteiger partial charge in [-0.1, -0.05) is 5.16 Å². The maximum Gasteiger partial charge on any atom is 0.323 e. The van der Waals surface area contributed by atoms with Crippen molar-refractivity contribution >= 4 is 12.0 Å². The Bertz CT molecular complexity index is 444. The topological polar surface area (TPSA) is 109 Å².